The molecule has 22 heavy (non-hydrogen) atoms. The van der Waals surface area contributed by atoms with Gasteiger partial charge in [-0.2, -0.15) is 0 Å². The van der Waals surface area contributed by atoms with Gasteiger partial charge in [-0.25, -0.2) is 4.79 Å². The Labute approximate surface area is 127 Å². The van der Waals surface area contributed by atoms with Crippen molar-refractivity contribution in [1.29, 1.82) is 0 Å². The van der Waals surface area contributed by atoms with Crippen LogP contribution in [0.15, 0.2) is 53.3 Å². The Morgan fingerprint density at radius 1 is 0.955 bits per heavy atom. The highest BCUT2D eigenvalue weighted by Gasteiger charge is 2.19. The van der Waals surface area contributed by atoms with Gasteiger partial charge in [-0.15, -0.1) is 0 Å². The van der Waals surface area contributed by atoms with E-state index in [0.717, 1.165) is 5.56 Å². The Morgan fingerprint density at radius 2 is 1.55 bits per heavy atom. The molecule has 3 aromatic rings. The van der Waals surface area contributed by atoms with Crippen molar-refractivity contribution in [3.05, 3.63) is 75.7 Å². The van der Waals surface area contributed by atoms with Gasteiger partial charge in [0.2, 0.25) is 0 Å². The Balaban J connectivity index is 2.55. The molecule has 0 bridgehead atoms. The molecule has 110 valence electrons. The second-order valence-electron chi connectivity index (χ2n) is 5.24. The van der Waals surface area contributed by atoms with Crippen molar-refractivity contribution in [1.82, 2.24) is 4.57 Å². The fraction of sp³-hybridized carbons (Fsp3) is 0.111. The molecule has 0 spiro atoms. The molecular weight excluding hydrogens is 278 g/mol. The second kappa shape index (κ2) is 5.15. The predicted molar refractivity (Wildman–Crippen MR) is 86.0 cm³/mol. The van der Waals surface area contributed by atoms with Gasteiger partial charge in [-0.05, 0) is 31.5 Å². The summed E-state index contributed by atoms with van der Waals surface area (Å²) in [4.78, 5) is 24.5. The first-order valence-corrected chi connectivity index (χ1v) is 6.96. The van der Waals surface area contributed by atoms with Crippen molar-refractivity contribution >= 4 is 16.7 Å². The lowest BCUT2D eigenvalue weighted by atomic mass is 10.0. The SMILES string of the molecule is Cc1ccccc1-n1c(C)c(C(=O)O)c2ccccc2c1=O. The molecule has 0 saturated carbocycles. The molecule has 2 aromatic carbocycles. The van der Waals surface area contributed by atoms with Crippen molar-refractivity contribution < 1.29 is 9.90 Å². The third kappa shape index (κ3) is 2.00. The maximum atomic E-state index is 12.8. The van der Waals surface area contributed by atoms with E-state index >= 15 is 0 Å². The standard InChI is InChI=1S/C18H15NO3/c1-11-7-3-6-10-15(11)19-12(2)16(18(21)22)13-8-4-5-9-14(13)17(19)20/h3-10H,1-2H3,(H,21,22). The number of nitrogens with zero attached hydrogens (tertiary/aromatic N) is 1. The maximum Gasteiger partial charge on any atom is 0.338 e. The van der Waals surface area contributed by atoms with Crippen LogP contribution in [0.5, 0.6) is 0 Å². The van der Waals surface area contributed by atoms with Crippen LogP contribution in [0.25, 0.3) is 16.5 Å². The van der Waals surface area contributed by atoms with Crippen LogP contribution in [0.2, 0.25) is 0 Å². The Bertz CT molecular complexity index is 954. The van der Waals surface area contributed by atoms with Crippen LogP contribution in [0.3, 0.4) is 0 Å². The number of para-hydroxylation sites is 1. The molecule has 0 aliphatic heterocycles. The number of carbonyl (C=O) groups is 1. The van der Waals surface area contributed by atoms with E-state index in [4.69, 9.17) is 0 Å². The largest absolute Gasteiger partial charge is 0.478 e. The lowest BCUT2D eigenvalue weighted by Crippen LogP contribution is -2.24. The summed E-state index contributed by atoms with van der Waals surface area (Å²) < 4.78 is 1.49. The summed E-state index contributed by atoms with van der Waals surface area (Å²) in [6.07, 6.45) is 0. The Kier molecular flexibility index (Phi) is 3.29. The van der Waals surface area contributed by atoms with E-state index in [-0.39, 0.29) is 11.1 Å². The first kappa shape index (κ1) is 14.1. The average Bonchev–Trinajstić information content (AvgIpc) is 2.49. The normalized spacial score (nSPS) is 10.8. The third-order valence-corrected chi connectivity index (χ3v) is 3.90. The number of carboxylic acid groups (broad SMARTS) is 1. The molecule has 4 heteroatoms. The first-order valence-electron chi connectivity index (χ1n) is 6.96. The minimum absolute atomic E-state index is 0.165. The van der Waals surface area contributed by atoms with Crippen LogP contribution in [-0.4, -0.2) is 15.6 Å². The number of aryl methyl sites for hydroxylation is 1. The summed E-state index contributed by atoms with van der Waals surface area (Å²) in [7, 11) is 0. The van der Waals surface area contributed by atoms with Crippen LogP contribution < -0.4 is 5.56 Å². The van der Waals surface area contributed by atoms with Gasteiger partial charge in [-0.1, -0.05) is 36.4 Å². The molecule has 0 aliphatic carbocycles. The molecule has 0 unspecified atom stereocenters. The van der Waals surface area contributed by atoms with Gasteiger partial charge in [0.05, 0.1) is 11.3 Å². The van der Waals surface area contributed by atoms with Crippen LogP contribution in [0.1, 0.15) is 21.6 Å². The first-order chi connectivity index (χ1) is 10.5. The van der Waals surface area contributed by atoms with E-state index in [2.05, 4.69) is 0 Å². The van der Waals surface area contributed by atoms with Gasteiger partial charge in [0.25, 0.3) is 5.56 Å². The number of pyridine rings is 1. The molecule has 0 aliphatic rings. The zero-order chi connectivity index (χ0) is 15.9. The van der Waals surface area contributed by atoms with E-state index in [1.165, 1.54) is 4.57 Å². The highest BCUT2D eigenvalue weighted by molar-refractivity contribution is 6.04. The molecule has 0 amide bonds. The number of rotatable bonds is 2. The average molecular weight is 293 g/mol. The van der Waals surface area contributed by atoms with Crippen molar-refractivity contribution in [3.63, 3.8) is 0 Å². The van der Waals surface area contributed by atoms with E-state index in [1.54, 1.807) is 31.2 Å². The molecule has 1 aromatic heterocycles. The van der Waals surface area contributed by atoms with Gasteiger partial charge >= 0.3 is 5.97 Å². The van der Waals surface area contributed by atoms with Crippen LogP contribution >= 0.6 is 0 Å². The number of aromatic carboxylic acids is 1. The van der Waals surface area contributed by atoms with Crippen LogP contribution in [0.4, 0.5) is 0 Å². The molecule has 4 nitrogen and oxygen atoms in total. The molecule has 3 rings (SSSR count). The van der Waals surface area contributed by atoms with Gasteiger partial charge in [0, 0.05) is 16.5 Å². The maximum absolute atomic E-state index is 12.8. The van der Waals surface area contributed by atoms with Gasteiger partial charge in [0.15, 0.2) is 0 Å². The lowest BCUT2D eigenvalue weighted by molar-refractivity contribution is 0.0697. The molecule has 0 fully saturated rings. The third-order valence-electron chi connectivity index (χ3n) is 3.90. The van der Waals surface area contributed by atoms with Crippen molar-refractivity contribution in [2.75, 3.05) is 0 Å². The highest BCUT2D eigenvalue weighted by atomic mass is 16.4. The fourth-order valence-electron chi connectivity index (χ4n) is 2.84. The molecule has 0 atom stereocenters. The predicted octanol–water partition coefficient (Wildman–Crippen LogP) is 3.31. The zero-order valence-electron chi connectivity index (χ0n) is 12.3. The minimum Gasteiger partial charge on any atom is -0.478 e. The van der Waals surface area contributed by atoms with Gasteiger partial charge < -0.3 is 5.11 Å². The topological polar surface area (TPSA) is 59.3 Å². The molecule has 0 saturated heterocycles. The Morgan fingerprint density at radius 3 is 2.18 bits per heavy atom. The molecular formula is C18H15NO3. The summed E-state index contributed by atoms with van der Waals surface area (Å²) in [5, 5.41) is 10.5. The number of fused-ring (bicyclic) bond motifs is 1. The summed E-state index contributed by atoms with van der Waals surface area (Å²) in [6.45, 7) is 3.57. The summed E-state index contributed by atoms with van der Waals surface area (Å²) in [5.74, 6) is -1.03. The number of benzene rings is 2. The van der Waals surface area contributed by atoms with E-state index in [1.807, 2.05) is 31.2 Å². The van der Waals surface area contributed by atoms with E-state index in [0.29, 0.717) is 22.2 Å². The molecule has 1 N–H and O–H groups in total. The van der Waals surface area contributed by atoms with Crippen molar-refractivity contribution in [2.24, 2.45) is 0 Å². The zero-order valence-corrected chi connectivity index (χ0v) is 12.3. The lowest BCUT2D eigenvalue weighted by Gasteiger charge is -2.16. The van der Waals surface area contributed by atoms with Crippen LogP contribution in [0, 0.1) is 13.8 Å². The molecule has 0 radical (unpaired) electrons. The Hall–Kier alpha value is -2.88. The quantitative estimate of drug-likeness (QED) is 0.788. The number of carboxylic acids is 1. The van der Waals surface area contributed by atoms with Crippen molar-refractivity contribution in [2.45, 2.75) is 13.8 Å². The number of hydrogen-bond donors (Lipinski definition) is 1. The summed E-state index contributed by atoms with van der Waals surface area (Å²) >= 11 is 0. The molecule has 1 heterocycles. The van der Waals surface area contributed by atoms with Gasteiger partial charge in [0.1, 0.15) is 0 Å². The minimum atomic E-state index is -1.03. The number of hydrogen-bond acceptors (Lipinski definition) is 2. The second-order valence-corrected chi connectivity index (χ2v) is 5.24. The highest BCUT2D eigenvalue weighted by Crippen LogP contribution is 2.23. The van der Waals surface area contributed by atoms with Crippen molar-refractivity contribution in [3.8, 4) is 5.69 Å². The monoisotopic (exact) mass is 293 g/mol. The number of aromatic nitrogens is 1. The fourth-order valence-corrected chi connectivity index (χ4v) is 2.84. The summed E-state index contributed by atoms with van der Waals surface area (Å²) in [5.41, 5.74) is 2.02. The summed E-state index contributed by atoms with van der Waals surface area (Å²) in [6, 6.07) is 14.3. The smallest absolute Gasteiger partial charge is 0.338 e. The van der Waals surface area contributed by atoms with Gasteiger partial charge in [-0.3, -0.25) is 9.36 Å². The van der Waals surface area contributed by atoms with Crippen LogP contribution in [-0.2, 0) is 0 Å². The van der Waals surface area contributed by atoms with E-state index in [9.17, 15) is 14.7 Å². The van der Waals surface area contributed by atoms with E-state index < -0.39 is 5.97 Å².